The van der Waals surface area contributed by atoms with Crippen LogP contribution in [0.4, 0.5) is 0 Å². The average Bonchev–Trinajstić information content (AvgIpc) is 2.92. The van der Waals surface area contributed by atoms with Crippen LogP contribution in [0, 0.1) is 0 Å². The van der Waals surface area contributed by atoms with E-state index < -0.39 is 15.8 Å². The Morgan fingerprint density at radius 1 is 1.23 bits per heavy atom. The molecule has 1 N–H and O–H groups in total. The Bertz CT molecular complexity index is 673. The van der Waals surface area contributed by atoms with Gasteiger partial charge in [-0.3, -0.25) is 9.69 Å². The molecule has 2 aliphatic rings. The molecule has 1 fully saturated rings. The fourth-order valence-electron chi connectivity index (χ4n) is 2.78. The lowest BCUT2D eigenvalue weighted by molar-refractivity contribution is -0.138. The van der Waals surface area contributed by atoms with Crippen LogP contribution in [0.25, 0.3) is 0 Å². The van der Waals surface area contributed by atoms with Crippen molar-refractivity contribution in [2.75, 3.05) is 31.4 Å². The number of hydrogen-bond donors (Lipinski definition) is 1. The van der Waals surface area contributed by atoms with Gasteiger partial charge in [-0.2, -0.15) is 0 Å². The molecule has 3 rings (SSSR count). The molecule has 7 nitrogen and oxygen atoms in total. The van der Waals surface area contributed by atoms with E-state index in [0.717, 1.165) is 5.56 Å². The molecule has 0 radical (unpaired) electrons. The lowest BCUT2D eigenvalue weighted by atomic mass is 10.0. The third kappa shape index (κ3) is 3.17. The van der Waals surface area contributed by atoms with E-state index in [9.17, 15) is 18.3 Å². The molecular formula is C14H17NO6S. The third-order valence-corrected chi connectivity index (χ3v) is 5.58. The first-order valence-corrected chi connectivity index (χ1v) is 8.82. The second-order valence-corrected chi connectivity index (χ2v) is 7.72. The van der Waals surface area contributed by atoms with E-state index in [2.05, 4.69) is 0 Å². The number of benzene rings is 1. The summed E-state index contributed by atoms with van der Waals surface area (Å²) in [5.74, 6) is 0.439. The molecule has 1 aromatic rings. The number of hydrogen-bond acceptors (Lipinski definition) is 6. The van der Waals surface area contributed by atoms with Crippen molar-refractivity contribution in [3.8, 4) is 11.5 Å². The summed E-state index contributed by atoms with van der Waals surface area (Å²) in [4.78, 5) is 13.1. The highest BCUT2D eigenvalue weighted by Crippen LogP contribution is 2.36. The molecule has 0 amide bonds. The van der Waals surface area contributed by atoms with Crippen LogP contribution in [0.3, 0.4) is 0 Å². The van der Waals surface area contributed by atoms with Crippen LogP contribution in [0.2, 0.25) is 0 Å². The van der Waals surface area contributed by atoms with E-state index in [-0.39, 0.29) is 30.8 Å². The summed E-state index contributed by atoms with van der Waals surface area (Å²) >= 11 is 0. The van der Waals surface area contributed by atoms with Crippen molar-refractivity contribution in [1.82, 2.24) is 4.90 Å². The summed E-state index contributed by atoms with van der Waals surface area (Å²) in [6.07, 6.45) is -0.0836. The zero-order chi connectivity index (χ0) is 15.7. The maximum Gasteiger partial charge on any atom is 0.305 e. The minimum absolute atomic E-state index is 0.0632. The number of rotatable bonds is 4. The van der Waals surface area contributed by atoms with Gasteiger partial charge in [0.05, 0.1) is 17.9 Å². The number of carboxylic acid groups (broad SMARTS) is 1. The highest BCUT2D eigenvalue weighted by Gasteiger charge is 2.30. The molecule has 1 saturated heterocycles. The fraction of sp³-hybridized carbons (Fsp3) is 0.500. The lowest BCUT2D eigenvalue weighted by Gasteiger charge is -2.34. The molecule has 0 aromatic heterocycles. The Kier molecular flexibility index (Phi) is 3.96. The highest BCUT2D eigenvalue weighted by atomic mass is 32.2. The van der Waals surface area contributed by atoms with Crippen molar-refractivity contribution in [2.24, 2.45) is 0 Å². The van der Waals surface area contributed by atoms with Gasteiger partial charge in [0.2, 0.25) is 6.79 Å². The molecule has 2 aliphatic heterocycles. The molecule has 1 aromatic carbocycles. The van der Waals surface area contributed by atoms with Crippen molar-refractivity contribution in [1.29, 1.82) is 0 Å². The second kappa shape index (κ2) is 5.77. The molecule has 22 heavy (non-hydrogen) atoms. The lowest BCUT2D eigenvalue weighted by Crippen LogP contribution is -2.42. The summed E-state index contributed by atoms with van der Waals surface area (Å²) < 4.78 is 33.7. The molecule has 2 heterocycles. The normalized spacial score (nSPS) is 21.5. The predicted molar refractivity (Wildman–Crippen MR) is 77.8 cm³/mol. The Balaban J connectivity index is 1.85. The summed E-state index contributed by atoms with van der Waals surface area (Å²) in [5, 5.41) is 9.17. The molecule has 0 bridgehead atoms. The van der Waals surface area contributed by atoms with Crippen molar-refractivity contribution < 1.29 is 27.8 Å². The number of aliphatic carboxylic acids is 1. The molecule has 0 aliphatic carbocycles. The minimum Gasteiger partial charge on any atom is -0.481 e. The van der Waals surface area contributed by atoms with Gasteiger partial charge in [0.25, 0.3) is 0 Å². The zero-order valence-corrected chi connectivity index (χ0v) is 12.7. The van der Waals surface area contributed by atoms with Crippen LogP contribution in [-0.2, 0) is 14.6 Å². The summed E-state index contributed by atoms with van der Waals surface area (Å²) in [6, 6.07) is 4.97. The van der Waals surface area contributed by atoms with Gasteiger partial charge in [0.1, 0.15) is 0 Å². The van der Waals surface area contributed by atoms with E-state index in [1.807, 2.05) is 11.0 Å². The van der Waals surface area contributed by atoms with Crippen molar-refractivity contribution in [3.63, 3.8) is 0 Å². The zero-order valence-electron chi connectivity index (χ0n) is 11.9. The monoisotopic (exact) mass is 327 g/mol. The Morgan fingerprint density at radius 2 is 1.91 bits per heavy atom. The van der Waals surface area contributed by atoms with Crippen molar-refractivity contribution in [2.45, 2.75) is 12.5 Å². The van der Waals surface area contributed by atoms with Crippen LogP contribution in [0.1, 0.15) is 18.0 Å². The van der Waals surface area contributed by atoms with E-state index in [4.69, 9.17) is 9.47 Å². The minimum atomic E-state index is -3.00. The van der Waals surface area contributed by atoms with E-state index in [0.29, 0.717) is 24.6 Å². The predicted octanol–water partition coefficient (Wildman–Crippen LogP) is 0.661. The van der Waals surface area contributed by atoms with Crippen LogP contribution in [-0.4, -0.2) is 55.8 Å². The van der Waals surface area contributed by atoms with E-state index >= 15 is 0 Å². The van der Waals surface area contributed by atoms with E-state index in [1.54, 1.807) is 12.1 Å². The average molecular weight is 327 g/mol. The van der Waals surface area contributed by atoms with Crippen molar-refractivity contribution in [3.05, 3.63) is 23.8 Å². The summed E-state index contributed by atoms with van der Waals surface area (Å²) in [7, 11) is -3.00. The Labute approximate surface area is 128 Å². The first-order valence-electron chi connectivity index (χ1n) is 7.00. The smallest absolute Gasteiger partial charge is 0.305 e. The van der Waals surface area contributed by atoms with E-state index in [1.165, 1.54) is 0 Å². The highest BCUT2D eigenvalue weighted by molar-refractivity contribution is 7.91. The van der Waals surface area contributed by atoms with Gasteiger partial charge >= 0.3 is 5.97 Å². The Hall–Kier alpha value is -1.80. The SMILES string of the molecule is O=C(O)C[C@H](c1ccc2c(c1)OCO2)N1CCS(=O)(=O)CC1. The number of carboxylic acids is 1. The number of carbonyl (C=O) groups is 1. The maximum atomic E-state index is 11.6. The van der Waals surface area contributed by atoms with Gasteiger partial charge in [-0.1, -0.05) is 6.07 Å². The Morgan fingerprint density at radius 3 is 2.59 bits per heavy atom. The van der Waals surface area contributed by atoms with Crippen LogP contribution < -0.4 is 9.47 Å². The van der Waals surface area contributed by atoms with Gasteiger partial charge in [-0.25, -0.2) is 8.42 Å². The van der Waals surface area contributed by atoms with Gasteiger partial charge in [-0.15, -0.1) is 0 Å². The number of nitrogens with zero attached hydrogens (tertiary/aromatic N) is 1. The summed E-state index contributed by atoms with van der Waals surface area (Å²) in [5.41, 5.74) is 0.797. The first-order chi connectivity index (χ1) is 10.4. The molecule has 0 unspecified atom stereocenters. The molecular weight excluding hydrogens is 310 g/mol. The second-order valence-electron chi connectivity index (χ2n) is 5.41. The van der Waals surface area contributed by atoms with Crippen LogP contribution in [0.15, 0.2) is 18.2 Å². The molecule has 1 atom stereocenters. The quantitative estimate of drug-likeness (QED) is 0.868. The van der Waals surface area contributed by atoms with Gasteiger partial charge in [0.15, 0.2) is 21.3 Å². The molecule has 8 heteroatoms. The molecule has 120 valence electrons. The van der Waals surface area contributed by atoms with Crippen LogP contribution >= 0.6 is 0 Å². The maximum absolute atomic E-state index is 11.6. The standard InChI is InChI=1S/C14H17NO6S/c16-14(17)8-11(15-3-5-22(18,19)6-4-15)10-1-2-12-13(7-10)21-9-20-12/h1-2,7,11H,3-6,8-9H2,(H,16,17)/t11-/m1/s1. The number of sulfone groups is 1. The number of ether oxygens (including phenoxy) is 2. The van der Waals surface area contributed by atoms with Gasteiger partial charge in [0, 0.05) is 19.1 Å². The number of fused-ring (bicyclic) bond motifs is 1. The summed E-state index contributed by atoms with van der Waals surface area (Å²) in [6.45, 7) is 0.841. The fourth-order valence-corrected chi connectivity index (χ4v) is 4.01. The largest absolute Gasteiger partial charge is 0.481 e. The van der Waals surface area contributed by atoms with Crippen molar-refractivity contribution >= 4 is 15.8 Å². The first kappa shape index (κ1) is 15.1. The van der Waals surface area contributed by atoms with Crippen LogP contribution in [0.5, 0.6) is 11.5 Å². The van der Waals surface area contributed by atoms with Gasteiger partial charge < -0.3 is 14.6 Å². The molecule has 0 saturated carbocycles. The molecule has 0 spiro atoms. The third-order valence-electron chi connectivity index (χ3n) is 3.97. The topological polar surface area (TPSA) is 93.1 Å². The van der Waals surface area contributed by atoms with Gasteiger partial charge in [-0.05, 0) is 17.7 Å².